The number of halogens is 1. The number of carbonyl (C=O) groups excluding carboxylic acids is 1. The number of nitrogens with zero attached hydrogens (tertiary/aromatic N) is 1. The fourth-order valence-electron chi connectivity index (χ4n) is 3.69. The van der Waals surface area contributed by atoms with Gasteiger partial charge in [-0.3, -0.25) is 4.79 Å². The summed E-state index contributed by atoms with van der Waals surface area (Å²) < 4.78 is 0. The summed E-state index contributed by atoms with van der Waals surface area (Å²) in [6, 6.07) is 17.4. The van der Waals surface area contributed by atoms with Crippen molar-refractivity contribution < 1.29 is 14.7 Å². The highest BCUT2D eigenvalue weighted by Crippen LogP contribution is 2.38. The van der Waals surface area contributed by atoms with Crippen LogP contribution in [0.3, 0.4) is 0 Å². The summed E-state index contributed by atoms with van der Waals surface area (Å²) in [6.45, 7) is 1.24. The third-order valence-electron chi connectivity index (χ3n) is 5.31. The van der Waals surface area contributed by atoms with Gasteiger partial charge in [0.2, 0.25) is 5.91 Å². The van der Waals surface area contributed by atoms with Gasteiger partial charge >= 0.3 is 6.09 Å². The number of hydrogen-bond donors (Lipinski definition) is 2. The van der Waals surface area contributed by atoms with Gasteiger partial charge in [0.25, 0.3) is 0 Å². The van der Waals surface area contributed by atoms with E-state index in [0.717, 1.165) is 11.1 Å². The maximum atomic E-state index is 12.7. The van der Waals surface area contributed by atoms with Crippen LogP contribution in [0.5, 0.6) is 0 Å². The molecule has 5 nitrogen and oxygen atoms in total. The third-order valence-corrected chi connectivity index (χ3v) is 5.68. The summed E-state index contributed by atoms with van der Waals surface area (Å²) in [7, 11) is 0. The number of rotatable bonds is 5. The van der Waals surface area contributed by atoms with Gasteiger partial charge in [-0.25, -0.2) is 4.79 Å². The Kier molecular flexibility index (Phi) is 6.01. The Labute approximate surface area is 163 Å². The average molecular weight is 387 g/mol. The molecule has 0 unspecified atom stereocenters. The van der Waals surface area contributed by atoms with Crippen molar-refractivity contribution in [3.63, 3.8) is 0 Å². The van der Waals surface area contributed by atoms with Crippen molar-refractivity contribution in [3.8, 4) is 0 Å². The number of piperidine rings is 1. The Hall–Kier alpha value is -2.53. The predicted molar refractivity (Wildman–Crippen MR) is 105 cm³/mol. The smallest absolute Gasteiger partial charge is 0.407 e. The second-order valence-corrected chi connectivity index (χ2v) is 7.37. The van der Waals surface area contributed by atoms with Gasteiger partial charge in [-0.2, -0.15) is 0 Å². The number of amides is 2. The lowest BCUT2D eigenvalue weighted by Crippen LogP contribution is -2.46. The minimum Gasteiger partial charge on any atom is -0.465 e. The summed E-state index contributed by atoms with van der Waals surface area (Å²) in [6.07, 6.45) is 0.681. The van der Waals surface area contributed by atoms with Gasteiger partial charge in [0, 0.05) is 36.5 Å². The zero-order valence-electron chi connectivity index (χ0n) is 15.0. The van der Waals surface area contributed by atoms with Crippen LogP contribution in [0.4, 0.5) is 4.79 Å². The molecule has 142 valence electrons. The lowest BCUT2D eigenvalue weighted by molar-refractivity contribution is -0.123. The summed E-state index contributed by atoms with van der Waals surface area (Å²) in [5, 5.41) is 12.8. The first-order valence-electron chi connectivity index (χ1n) is 9.04. The zero-order chi connectivity index (χ0) is 19.3. The number of hydrogen-bond acceptors (Lipinski definition) is 2. The van der Waals surface area contributed by atoms with Gasteiger partial charge in [-0.1, -0.05) is 60.1 Å². The van der Waals surface area contributed by atoms with Crippen LogP contribution in [-0.2, 0) is 16.8 Å². The van der Waals surface area contributed by atoms with Crippen LogP contribution >= 0.6 is 11.6 Å². The van der Waals surface area contributed by atoms with Crippen LogP contribution in [0, 0.1) is 0 Å². The largest absolute Gasteiger partial charge is 0.465 e. The minimum absolute atomic E-state index is 0.0532. The Morgan fingerprint density at radius 3 is 2.30 bits per heavy atom. The highest BCUT2D eigenvalue weighted by Gasteiger charge is 2.39. The van der Waals surface area contributed by atoms with Crippen molar-refractivity contribution in [1.82, 2.24) is 10.2 Å². The van der Waals surface area contributed by atoms with Crippen LogP contribution in [0.2, 0.25) is 5.02 Å². The van der Waals surface area contributed by atoms with Crippen LogP contribution in [0.15, 0.2) is 54.6 Å². The van der Waals surface area contributed by atoms with E-state index in [1.54, 1.807) is 6.07 Å². The lowest BCUT2D eigenvalue weighted by Gasteiger charge is -2.41. The molecule has 0 radical (unpaired) electrons. The molecule has 0 spiro atoms. The Morgan fingerprint density at radius 2 is 1.67 bits per heavy atom. The van der Waals surface area contributed by atoms with Gasteiger partial charge in [0.05, 0.1) is 0 Å². The number of carboxylic acid groups (broad SMARTS) is 1. The van der Waals surface area contributed by atoms with Crippen molar-refractivity contribution in [2.75, 3.05) is 13.1 Å². The molecular formula is C21H23ClN2O3. The Balaban J connectivity index is 1.71. The standard InChI is InChI=1S/C21H23ClN2O3/c22-18-9-5-4-6-16(18)15-23-19(25)14-21(17-7-2-1-3-8-17)10-12-24(13-11-21)20(26)27/h1-9H,10-15H2,(H,23,25)(H,26,27). The molecule has 6 heteroatoms. The maximum Gasteiger partial charge on any atom is 0.407 e. The molecule has 1 aliphatic rings. The predicted octanol–water partition coefficient (Wildman–Crippen LogP) is 4.06. The fraction of sp³-hybridized carbons (Fsp3) is 0.333. The molecule has 2 N–H and O–H groups in total. The van der Waals surface area contributed by atoms with Gasteiger partial charge in [-0.05, 0) is 30.0 Å². The van der Waals surface area contributed by atoms with E-state index in [0.29, 0.717) is 43.9 Å². The topological polar surface area (TPSA) is 69.6 Å². The molecule has 0 bridgehead atoms. The summed E-state index contributed by atoms with van der Waals surface area (Å²) >= 11 is 6.16. The van der Waals surface area contributed by atoms with E-state index in [1.165, 1.54) is 4.90 Å². The molecule has 0 aromatic heterocycles. The molecular weight excluding hydrogens is 364 g/mol. The molecule has 1 aliphatic heterocycles. The highest BCUT2D eigenvalue weighted by atomic mass is 35.5. The number of benzene rings is 2. The minimum atomic E-state index is -0.903. The first kappa shape index (κ1) is 19.2. The van der Waals surface area contributed by atoms with Crippen LogP contribution in [-0.4, -0.2) is 35.1 Å². The molecule has 2 aromatic carbocycles. The van der Waals surface area contributed by atoms with Gasteiger partial charge in [0.1, 0.15) is 0 Å². The first-order chi connectivity index (χ1) is 13.0. The number of likely N-dealkylation sites (tertiary alicyclic amines) is 1. The van der Waals surface area contributed by atoms with Gasteiger partial charge < -0.3 is 15.3 Å². The zero-order valence-corrected chi connectivity index (χ0v) is 15.8. The fourth-order valence-corrected chi connectivity index (χ4v) is 3.89. The molecule has 1 saturated heterocycles. The van der Waals surface area contributed by atoms with Crippen LogP contribution < -0.4 is 5.32 Å². The van der Waals surface area contributed by atoms with Crippen molar-refractivity contribution in [2.45, 2.75) is 31.2 Å². The van der Waals surface area contributed by atoms with Gasteiger partial charge in [-0.15, -0.1) is 0 Å². The molecule has 2 aromatic rings. The summed E-state index contributed by atoms with van der Waals surface area (Å²) in [5.74, 6) is -0.0532. The van der Waals surface area contributed by atoms with Crippen molar-refractivity contribution in [1.29, 1.82) is 0 Å². The highest BCUT2D eigenvalue weighted by molar-refractivity contribution is 6.31. The lowest BCUT2D eigenvalue weighted by atomic mass is 9.70. The normalized spacial score (nSPS) is 16.0. The monoisotopic (exact) mass is 386 g/mol. The molecule has 0 aliphatic carbocycles. The first-order valence-corrected chi connectivity index (χ1v) is 9.41. The number of carbonyl (C=O) groups is 2. The second kappa shape index (κ2) is 8.44. The number of nitrogens with one attached hydrogen (secondary N) is 1. The van der Waals surface area contributed by atoms with E-state index in [2.05, 4.69) is 5.32 Å². The second-order valence-electron chi connectivity index (χ2n) is 6.96. The third kappa shape index (κ3) is 4.61. The molecule has 1 fully saturated rings. The molecule has 2 amide bonds. The molecule has 1 heterocycles. The van der Waals surface area contributed by atoms with E-state index >= 15 is 0 Å². The van der Waals surface area contributed by atoms with Gasteiger partial charge in [0.15, 0.2) is 0 Å². The van der Waals surface area contributed by atoms with E-state index in [1.807, 2.05) is 48.5 Å². The Bertz CT molecular complexity index is 802. The van der Waals surface area contributed by atoms with E-state index in [9.17, 15) is 14.7 Å². The van der Waals surface area contributed by atoms with E-state index < -0.39 is 6.09 Å². The van der Waals surface area contributed by atoms with E-state index in [-0.39, 0.29) is 11.3 Å². The van der Waals surface area contributed by atoms with Crippen molar-refractivity contribution in [2.24, 2.45) is 0 Å². The summed E-state index contributed by atoms with van der Waals surface area (Å²) in [5.41, 5.74) is 1.61. The van der Waals surface area contributed by atoms with Crippen molar-refractivity contribution in [3.05, 3.63) is 70.7 Å². The average Bonchev–Trinajstić information content (AvgIpc) is 2.68. The van der Waals surface area contributed by atoms with Crippen molar-refractivity contribution >= 4 is 23.6 Å². The Morgan fingerprint density at radius 1 is 1.04 bits per heavy atom. The maximum absolute atomic E-state index is 12.7. The van der Waals surface area contributed by atoms with E-state index in [4.69, 9.17) is 11.6 Å². The molecule has 27 heavy (non-hydrogen) atoms. The molecule has 3 rings (SSSR count). The van der Waals surface area contributed by atoms with Crippen LogP contribution in [0.1, 0.15) is 30.4 Å². The van der Waals surface area contributed by atoms with Crippen LogP contribution in [0.25, 0.3) is 0 Å². The summed E-state index contributed by atoms with van der Waals surface area (Å²) in [4.78, 5) is 25.4. The molecule has 0 saturated carbocycles. The molecule has 0 atom stereocenters. The SMILES string of the molecule is O=C(CC1(c2ccccc2)CCN(C(=O)O)CC1)NCc1ccccc1Cl. The quantitative estimate of drug-likeness (QED) is 0.814.